The van der Waals surface area contributed by atoms with Gasteiger partial charge in [0.1, 0.15) is 6.10 Å². The fraction of sp³-hybridized carbons (Fsp3) is 0.533. The van der Waals surface area contributed by atoms with Crippen LogP contribution < -0.4 is 11.5 Å². The molecule has 0 fully saturated rings. The Morgan fingerprint density at radius 1 is 1.07 bits per heavy atom. The molecule has 0 aliphatic heterocycles. The second-order valence-corrected chi connectivity index (χ2v) is 10.2. The van der Waals surface area contributed by atoms with Crippen LogP contribution in [0.15, 0.2) is 58.6 Å². The average Bonchev–Trinajstić information content (AvgIpc) is 2.94. The minimum atomic E-state index is -1.02. The molecule has 0 radical (unpaired) electrons. The zero-order valence-corrected chi connectivity index (χ0v) is 25.5. The smallest absolute Gasteiger partial charge is 0.405 e. The van der Waals surface area contributed by atoms with Gasteiger partial charge in [-0.25, -0.2) is 9.59 Å². The van der Waals surface area contributed by atoms with Gasteiger partial charge in [0, 0.05) is 37.4 Å². The number of nitrogens with two attached hydrogens (primary N) is 2. The molecule has 0 heterocycles. The lowest BCUT2D eigenvalue weighted by atomic mass is 9.85. The van der Waals surface area contributed by atoms with E-state index < -0.39 is 54.0 Å². The van der Waals surface area contributed by atoms with E-state index in [0.717, 1.165) is 6.08 Å². The fourth-order valence-electron chi connectivity index (χ4n) is 4.64. The van der Waals surface area contributed by atoms with Crippen molar-refractivity contribution in [2.24, 2.45) is 23.3 Å². The topological polar surface area (TPSA) is 187 Å². The summed E-state index contributed by atoms with van der Waals surface area (Å²) >= 11 is 0. The van der Waals surface area contributed by atoms with Crippen molar-refractivity contribution in [2.45, 2.75) is 65.0 Å². The van der Waals surface area contributed by atoms with Crippen LogP contribution in [0.4, 0.5) is 4.79 Å². The monoisotopic (exact) mass is 592 g/mol. The number of hydrogen-bond acceptors (Lipinski definition) is 11. The van der Waals surface area contributed by atoms with Gasteiger partial charge in [-0.05, 0) is 38.2 Å². The summed E-state index contributed by atoms with van der Waals surface area (Å²) in [6.45, 7) is 6.93. The Morgan fingerprint density at radius 3 is 2.24 bits per heavy atom. The van der Waals surface area contributed by atoms with Gasteiger partial charge in [-0.1, -0.05) is 38.2 Å². The maximum absolute atomic E-state index is 12.6. The second kappa shape index (κ2) is 17.3. The molecule has 1 aliphatic carbocycles. The van der Waals surface area contributed by atoms with Gasteiger partial charge in [-0.3, -0.25) is 9.59 Å². The first-order valence-corrected chi connectivity index (χ1v) is 13.4. The lowest BCUT2D eigenvalue weighted by molar-refractivity contribution is -0.136. The van der Waals surface area contributed by atoms with Gasteiger partial charge in [0.15, 0.2) is 11.9 Å². The van der Waals surface area contributed by atoms with Crippen molar-refractivity contribution in [2.75, 3.05) is 28.4 Å². The van der Waals surface area contributed by atoms with E-state index >= 15 is 0 Å². The quantitative estimate of drug-likeness (QED) is 0.0785. The van der Waals surface area contributed by atoms with Crippen LogP contribution in [0.5, 0.6) is 0 Å². The van der Waals surface area contributed by atoms with Gasteiger partial charge in [0.2, 0.25) is 11.6 Å². The van der Waals surface area contributed by atoms with Gasteiger partial charge in [-0.2, -0.15) is 0 Å². The van der Waals surface area contributed by atoms with Crippen molar-refractivity contribution in [1.82, 2.24) is 0 Å². The molecular weight excluding hydrogens is 548 g/mol. The SMILES string of the molecule is COC(=O)/C(C)=C/C=C/[C@H](OC)[C@H](OC(N)=O)/C(C)=C/[C@H](C)[C@H](O)[C@@H](C[C@H](C)CC1=C(OC)C(=O)C=C(N)C1=O)OC. The highest BCUT2D eigenvalue weighted by atomic mass is 16.6. The molecule has 0 saturated heterocycles. The van der Waals surface area contributed by atoms with Crippen LogP contribution in [0.25, 0.3) is 0 Å². The summed E-state index contributed by atoms with van der Waals surface area (Å²) in [4.78, 5) is 48.1. The molecular formula is C30H44N2O10. The molecule has 12 nitrogen and oxygen atoms in total. The summed E-state index contributed by atoms with van der Waals surface area (Å²) in [6, 6.07) is 0. The number of aliphatic hydroxyl groups is 1. The lowest BCUT2D eigenvalue weighted by Gasteiger charge is -2.29. The molecule has 0 aromatic heterocycles. The van der Waals surface area contributed by atoms with Crippen LogP contribution in [0.2, 0.25) is 0 Å². The second-order valence-electron chi connectivity index (χ2n) is 10.2. The van der Waals surface area contributed by atoms with Crippen molar-refractivity contribution in [3.05, 3.63) is 58.6 Å². The van der Waals surface area contributed by atoms with Crippen molar-refractivity contribution in [1.29, 1.82) is 0 Å². The molecule has 1 rings (SSSR count). The van der Waals surface area contributed by atoms with E-state index in [1.54, 1.807) is 39.0 Å². The van der Waals surface area contributed by atoms with E-state index in [2.05, 4.69) is 4.74 Å². The number of allylic oxidation sites excluding steroid dienone is 4. The number of ketones is 2. The summed E-state index contributed by atoms with van der Waals surface area (Å²) in [5.74, 6) is -2.14. The molecule has 0 aromatic carbocycles. The van der Waals surface area contributed by atoms with Crippen LogP contribution in [0.1, 0.15) is 40.5 Å². The summed E-state index contributed by atoms with van der Waals surface area (Å²) in [7, 11) is 5.49. The van der Waals surface area contributed by atoms with Gasteiger partial charge < -0.3 is 40.3 Å². The average molecular weight is 593 g/mol. The number of esters is 1. The highest BCUT2D eigenvalue weighted by Gasteiger charge is 2.32. The van der Waals surface area contributed by atoms with E-state index in [1.165, 1.54) is 34.5 Å². The lowest BCUT2D eigenvalue weighted by Crippen LogP contribution is -2.37. The third-order valence-electron chi connectivity index (χ3n) is 6.88. The van der Waals surface area contributed by atoms with Crippen LogP contribution in [0.3, 0.4) is 0 Å². The van der Waals surface area contributed by atoms with Gasteiger partial charge in [0.05, 0.1) is 32.1 Å². The molecule has 5 N–H and O–H groups in total. The largest absolute Gasteiger partial charge is 0.492 e. The molecule has 1 aliphatic rings. The van der Waals surface area contributed by atoms with Crippen molar-refractivity contribution < 1.29 is 48.0 Å². The zero-order chi connectivity index (χ0) is 32.1. The van der Waals surface area contributed by atoms with Gasteiger partial charge >= 0.3 is 12.1 Å². The van der Waals surface area contributed by atoms with E-state index in [9.17, 15) is 24.3 Å². The minimum absolute atomic E-state index is 0.0410. The Balaban J connectivity index is 3.12. The summed E-state index contributed by atoms with van der Waals surface area (Å²) in [5.41, 5.74) is 12.0. The molecule has 12 heteroatoms. The number of aliphatic hydroxyl groups excluding tert-OH is 1. The molecule has 1 amide bonds. The number of amides is 1. The fourth-order valence-corrected chi connectivity index (χ4v) is 4.64. The molecule has 0 saturated carbocycles. The molecule has 0 aromatic rings. The number of methoxy groups -OCH3 is 4. The molecule has 0 spiro atoms. The van der Waals surface area contributed by atoms with E-state index in [0.29, 0.717) is 17.6 Å². The zero-order valence-electron chi connectivity index (χ0n) is 25.5. The van der Waals surface area contributed by atoms with Crippen molar-refractivity contribution >= 4 is 23.6 Å². The number of Topliss-reactive ketones (excluding diaryl/α,β-unsaturated/α-hetero) is 1. The van der Waals surface area contributed by atoms with Crippen molar-refractivity contribution in [3.8, 4) is 0 Å². The third-order valence-corrected chi connectivity index (χ3v) is 6.88. The Labute approximate surface area is 247 Å². The normalized spacial score (nSPS) is 19.1. The van der Waals surface area contributed by atoms with Crippen LogP contribution >= 0.6 is 0 Å². The minimum Gasteiger partial charge on any atom is -0.492 e. The number of carbonyl (C=O) groups excluding carboxylic acids is 4. The Hall–Kier alpha value is -3.74. The highest BCUT2D eigenvalue weighted by molar-refractivity contribution is 6.21. The van der Waals surface area contributed by atoms with Crippen LogP contribution in [-0.2, 0) is 38.1 Å². The molecule has 0 unspecified atom stereocenters. The number of carbonyl (C=O) groups is 4. The number of hydrogen-bond donors (Lipinski definition) is 3. The number of primary amides is 1. The van der Waals surface area contributed by atoms with Gasteiger partial charge in [0.25, 0.3) is 0 Å². The highest BCUT2D eigenvalue weighted by Crippen LogP contribution is 2.28. The maximum Gasteiger partial charge on any atom is 0.405 e. The summed E-state index contributed by atoms with van der Waals surface area (Å²) in [5, 5.41) is 11.2. The third kappa shape index (κ3) is 10.3. The number of rotatable bonds is 16. The maximum atomic E-state index is 12.6. The van der Waals surface area contributed by atoms with E-state index in [4.69, 9.17) is 30.4 Å². The van der Waals surface area contributed by atoms with Crippen molar-refractivity contribution in [3.63, 3.8) is 0 Å². The molecule has 0 bridgehead atoms. The van der Waals surface area contributed by atoms with E-state index in [1.807, 2.05) is 6.92 Å². The predicted octanol–water partition coefficient (Wildman–Crippen LogP) is 2.41. The summed E-state index contributed by atoms with van der Waals surface area (Å²) in [6.07, 6.45) is 3.66. The Kier molecular flexibility index (Phi) is 14.9. The summed E-state index contributed by atoms with van der Waals surface area (Å²) < 4.78 is 26.3. The number of ether oxygens (including phenoxy) is 5. The Morgan fingerprint density at radius 2 is 1.71 bits per heavy atom. The first kappa shape index (κ1) is 36.3. The Bertz CT molecular complexity index is 1150. The molecule has 6 atom stereocenters. The van der Waals surface area contributed by atoms with Gasteiger partial charge in [-0.15, -0.1) is 0 Å². The first-order valence-electron chi connectivity index (χ1n) is 13.4. The molecule has 234 valence electrons. The molecule has 42 heavy (non-hydrogen) atoms. The van der Waals surface area contributed by atoms with Crippen LogP contribution in [0, 0.1) is 11.8 Å². The van der Waals surface area contributed by atoms with Crippen LogP contribution in [-0.4, -0.2) is 81.6 Å². The predicted molar refractivity (Wildman–Crippen MR) is 155 cm³/mol. The standard InChI is InChI=1S/C30H44N2O10/c1-16(12-20-26(35)21(31)15-22(33)28(20)40-7)13-24(39-6)25(34)18(3)14-19(4)27(42-30(32)37)23(38-5)11-9-10-17(2)29(36)41-8/h9-11,14-16,18,23-25,27,34H,12-13,31H2,1-8H3,(H2,32,37)/b11-9+,17-10+,19-14+/t16-,18+,23+,24-,25+,27-/m1/s1. The first-order chi connectivity index (χ1) is 19.7. The van der Waals surface area contributed by atoms with E-state index in [-0.39, 0.29) is 29.4 Å².